The van der Waals surface area contributed by atoms with Crippen molar-refractivity contribution in [2.24, 2.45) is 0 Å². The zero-order chi connectivity index (χ0) is 15.0. The van der Waals surface area contributed by atoms with E-state index in [1.54, 1.807) is 6.07 Å². The largest absolute Gasteiger partial charge is 0.395 e. The fourth-order valence-electron chi connectivity index (χ4n) is 1.84. The van der Waals surface area contributed by atoms with Crippen molar-refractivity contribution in [1.82, 2.24) is 4.98 Å². The van der Waals surface area contributed by atoms with Crippen molar-refractivity contribution < 1.29 is 12.8 Å². The number of nitrogens with two attached hydrogens (primary N) is 1. The lowest BCUT2D eigenvalue weighted by Gasteiger charge is -2.08. The Labute approximate surface area is 124 Å². The lowest BCUT2D eigenvalue weighted by molar-refractivity contribution is 0.597. The Hall–Kier alpha value is -2.19. The molecule has 0 aliphatic carbocycles. The molecule has 3 N–H and O–H groups in total. The Kier molecular flexibility index (Phi) is 3.26. The van der Waals surface area contributed by atoms with Crippen LogP contribution in [0.15, 0.2) is 47.4 Å². The van der Waals surface area contributed by atoms with Gasteiger partial charge >= 0.3 is 0 Å². The van der Waals surface area contributed by atoms with Crippen molar-refractivity contribution in [3.63, 3.8) is 0 Å². The second-order valence-electron chi connectivity index (χ2n) is 4.24. The predicted molar refractivity (Wildman–Crippen MR) is 81.2 cm³/mol. The van der Waals surface area contributed by atoms with Crippen LogP contribution < -0.4 is 10.5 Å². The van der Waals surface area contributed by atoms with Crippen LogP contribution in [0.3, 0.4) is 0 Å². The quantitative estimate of drug-likeness (QED) is 0.726. The van der Waals surface area contributed by atoms with Crippen LogP contribution in [-0.4, -0.2) is 13.4 Å². The smallest absolute Gasteiger partial charge is 0.265 e. The molecule has 0 aliphatic heterocycles. The molecule has 0 aliphatic rings. The van der Waals surface area contributed by atoms with Crippen molar-refractivity contribution >= 4 is 42.4 Å². The number of thiazole rings is 1. The van der Waals surface area contributed by atoms with Crippen LogP contribution in [0.1, 0.15) is 0 Å². The molecule has 0 amide bonds. The van der Waals surface area contributed by atoms with Gasteiger partial charge in [-0.25, -0.2) is 17.8 Å². The number of hydrogen-bond donors (Lipinski definition) is 2. The molecule has 0 radical (unpaired) electrons. The molecule has 108 valence electrons. The van der Waals surface area contributed by atoms with Crippen molar-refractivity contribution in [3.05, 3.63) is 48.3 Å². The summed E-state index contributed by atoms with van der Waals surface area (Å²) in [5.41, 5.74) is 5.76. The minimum absolute atomic E-state index is 0.208. The van der Waals surface area contributed by atoms with Crippen molar-refractivity contribution in [1.29, 1.82) is 0 Å². The summed E-state index contributed by atoms with van der Waals surface area (Å²) in [6, 6.07) is 10.9. The lowest BCUT2D eigenvalue weighted by atomic mass is 10.3. The Morgan fingerprint density at radius 3 is 2.67 bits per heavy atom. The number of nitrogens with one attached hydrogen (secondary N) is 1. The lowest BCUT2D eigenvalue weighted by Crippen LogP contribution is -2.15. The number of hydrogen-bond acceptors (Lipinski definition) is 5. The molecular formula is C13H10FN3O2S2. The summed E-state index contributed by atoms with van der Waals surface area (Å²) in [6.45, 7) is 0. The Balaban J connectivity index is 2.01. The van der Waals surface area contributed by atoms with Crippen LogP contribution in [-0.2, 0) is 10.0 Å². The van der Waals surface area contributed by atoms with Crippen LogP contribution in [0.25, 0.3) is 10.2 Å². The zero-order valence-electron chi connectivity index (χ0n) is 10.6. The Morgan fingerprint density at radius 2 is 1.90 bits per heavy atom. The summed E-state index contributed by atoms with van der Waals surface area (Å²) < 4.78 is 41.1. The van der Waals surface area contributed by atoms with E-state index in [0.717, 1.165) is 10.8 Å². The monoisotopic (exact) mass is 323 g/mol. The second kappa shape index (κ2) is 4.97. The number of fused-ring (bicyclic) bond motifs is 1. The standard InChI is InChI=1S/C13H10FN3O2S2/c14-8-4-3-7-11(12(8)15)21(18,19)17-13-16-9-5-1-2-6-10(9)20-13/h1-7H,15H2,(H,16,17). The van der Waals surface area contributed by atoms with Gasteiger partial charge in [0, 0.05) is 0 Å². The number of sulfonamides is 1. The third kappa shape index (κ3) is 2.55. The van der Waals surface area contributed by atoms with E-state index in [-0.39, 0.29) is 10.0 Å². The van der Waals surface area contributed by atoms with Gasteiger partial charge in [-0.1, -0.05) is 29.5 Å². The maximum absolute atomic E-state index is 13.4. The van der Waals surface area contributed by atoms with Crippen molar-refractivity contribution in [2.45, 2.75) is 4.90 Å². The molecule has 5 nitrogen and oxygen atoms in total. The molecule has 3 aromatic rings. The molecule has 1 heterocycles. The van der Waals surface area contributed by atoms with Crippen LogP contribution in [0.5, 0.6) is 0 Å². The highest BCUT2D eigenvalue weighted by molar-refractivity contribution is 7.93. The maximum atomic E-state index is 13.4. The Bertz CT molecular complexity index is 889. The van der Waals surface area contributed by atoms with Gasteiger partial charge in [-0.05, 0) is 24.3 Å². The number of anilines is 2. The predicted octanol–water partition coefficient (Wildman–Crippen LogP) is 2.82. The van der Waals surface area contributed by atoms with E-state index in [9.17, 15) is 12.8 Å². The molecule has 21 heavy (non-hydrogen) atoms. The summed E-state index contributed by atoms with van der Waals surface area (Å²) in [5, 5.41) is 0.208. The van der Waals surface area contributed by atoms with E-state index in [1.165, 1.54) is 23.5 Å². The molecule has 3 rings (SSSR count). The van der Waals surface area contributed by atoms with E-state index < -0.39 is 21.5 Å². The third-order valence-corrected chi connectivity index (χ3v) is 5.30. The molecule has 0 bridgehead atoms. The summed E-state index contributed by atoms with van der Waals surface area (Å²) in [7, 11) is -3.98. The van der Waals surface area contributed by atoms with E-state index >= 15 is 0 Å². The first-order chi connectivity index (χ1) is 9.97. The number of benzene rings is 2. The third-order valence-electron chi connectivity index (χ3n) is 2.82. The highest BCUT2D eigenvalue weighted by Gasteiger charge is 2.21. The molecule has 2 aromatic carbocycles. The summed E-state index contributed by atoms with van der Waals surface area (Å²) in [6.07, 6.45) is 0. The summed E-state index contributed by atoms with van der Waals surface area (Å²) in [4.78, 5) is 3.87. The van der Waals surface area contributed by atoms with Gasteiger partial charge in [0.2, 0.25) is 0 Å². The SMILES string of the molecule is Nc1c(F)cccc1S(=O)(=O)Nc1nc2ccccc2s1. The fourth-order valence-corrected chi connectivity index (χ4v) is 4.08. The van der Waals surface area contributed by atoms with Crippen LogP contribution in [0.2, 0.25) is 0 Å². The zero-order valence-corrected chi connectivity index (χ0v) is 12.2. The first-order valence-electron chi connectivity index (χ1n) is 5.90. The van der Waals surface area contributed by atoms with Crippen molar-refractivity contribution in [3.8, 4) is 0 Å². The molecular weight excluding hydrogens is 313 g/mol. The van der Waals surface area contributed by atoms with Gasteiger partial charge < -0.3 is 5.73 Å². The highest BCUT2D eigenvalue weighted by Crippen LogP contribution is 2.29. The number of rotatable bonds is 3. The van der Waals surface area contributed by atoms with Gasteiger partial charge in [0.15, 0.2) is 5.13 Å². The van der Waals surface area contributed by atoms with E-state index in [4.69, 9.17) is 5.73 Å². The van der Waals surface area contributed by atoms with E-state index in [1.807, 2.05) is 18.2 Å². The number of aromatic nitrogens is 1. The van der Waals surface area contributed by atoms with Gasteiger partial charge in [-0.15, -0.1) is 0 Å². The van der Waals surface area contributed by atoms with E-state index in [0.29, 0.717) is 5.52 Å². The molecule has 0 fully saturated rings. The summed E-state index contributed by atoms with van der Waals surface area (Å²) in [5.74, 6) is -0.776. The molecule has 1 aromatic heterocycles. The second-order valence-corrected chi connectivity index (χ2v) is 6.93. The normalized spacial score (nSPS) is 11.7. The van der Waals surface area contributed by atoms with Crippen LogP contribution in [0.4, 0.5) is 15.2 Å². The van der Waals surface area contributed by atoms with Crippen LogP contribution in [0, 0.1) is 5.82 Å². The first kappa shape index (κ1) is 13.8. The molecule has 8 heteroatoms. The molecule has 0 saturated carbocycles. The topological polar surface area (TPSA) is 85.1 Å². The minimum atomic E-state index is -3.98. The fraction of sp³-hybridized carbons (Fsp3) is 0. The summed E-state index contributed by atoms with van der Waals surface area (Å²) >= 11 is 1.19. The van der Waals surface area contributed by atoms with Gasteiger partial charge in [-0.2, -0.15) is 0 Å². The average molecular weight is 323 g/mol. The van der Waals surface area contributed by atoms with Gasteiger partial charge in [-0.3, -0.25) is 4.72 Å². The number of para-hydroxylation sites is 2. The average Bonchev–Trinajstić information content (AvgIpc) is 2.82. The van der Waals surface area contributed by atoms with Crippen molar-refractivity contribution in [2.75, 3.05) is 10.5 Å². The van der Waals surface area contributed by atoms with Gasteiger partial charge in [0.05, 0.1) is 15.9 Å². The molecule has 0 spiro atoms. The molecule has 0 atom stereocenters. The maximum Gasteiger partial charge on any atom is 0.265 e. The molecule has 0 unspecified atom stereocenters. The number of nitrogen functional groups attached to an aromatic ring is 1. The highest BCUT2D eigenvalue weighted by atomic mass is 32.2. The molecule has 0 saturated heterocycles. The van der Waals surface area contributed by atoms with Crippen LogP contribution >= 0.6 is 11.3 Å². The van der Waals surface area contributed by atoms with E-state index in [2.05, 4.69) is 9.71 Å². The first-order valence-corrected chi connectivity index (χ1v) is 8.20. The number of nitrogens with zero attached hydrogens (tertiary/aromatic N) is 1. The Morgan fingerprint density at radius 1 is 1.14 bits per heavy atom. The number of halogens is 1. The van der Waals surface area contributed by atoms with Gasteiger partial charge in [0.25, 0.3) is 10.0 Å². The van der Waals surface area contributed by atoms with Gasteiger partial charge in [0.1, 0.15) is 10.7 Å². The minimum Gasteiger partial charge on any atom is -0.395 e.